The second kappa shape index (κ2) is 8.37. The Hall–Kier alpha value is -2.64. The van der Waals surface area contributed by atoms with Crippen LogP contribution < -0.4 is 5.73 Å². The lowest BCUT2D eigenvalue weighted by Crippen LogP contribution is -2.56. The van der Waals surface area contributed by atoms with Crippen LogP contribution in [0.15, 0.2) is 24.3 Å². The summed E-state index contributed by atoms with van der Waals surface area (Å²) in [4.78, 5) is 30.8. The highest BCUT2D eigenvalue weighted by Crippen LogP contribution is 2.39. The van der Waals surface area contributed by atoms with Crippen LogP contribution >= 0.6 is 0 Å². The molecule has 172 valence electrons. The predicted octanol–water partition coefficient (Wildman–Crippen LogP) is 1.89. The molecule has 0 aliphatic carbocycles. The predicted molar refractivity (Wildman–Crippen MR) is 109 cm³/mol. The first-order chi connectivity index (χ1) is 15.1. The number of hydrogen-bond donors (Lipinski definition) is 1. The average molecular weight is 449 g/mol. The van der Waals surface area contributed by atoms with Crippen LogP contribution in [0.1, 0.15) is 43.4 Å². The fraction of sp³-hybridized carbons (Fsp3) is 0.591. The summed E-state index contributed by atoms with van der Waals surface area (Å²) in [7, 11) is 0. The molecule has 7 nitrogen and oxygen atoms in total. The molecule has 0 radical (unpaired) electrons. The SMILES string of the molecule is C[C@@H](c1cccc(C(F)(F)F)c1)N1C(=O)C2CC1CN2C[C@H](N)C(=O)N1CCCC1C#N. The molecule has 32 heavy (non-hydrogen) atoms. The number of rotatable bonds is 5. The first kappa shape index (κ1) is 22.6. The number of benzene rings is 1. The monoisotopic (exact) mass is 449 g/mol. The molecule has 0 saturated carbocycles. The zero-order chi connectivity index (χ0) is 23.2. The third-order valence-electron chi connectivity index (χ3n) is 6.86. The fourth-order valence-electron chi connectivity index (χ4n) is 5.24. The summed E-state index contributed by atoms with van der Waals surface area (Å²) >= 11 is 0. The first-order valence-electron chi connectivity index (χ1n) is 10.8. The molecule has 3 heterocycles. The molecule has 0 aromatic heterocycles. The molecule has 3 unspecified atom stereocenters. The summed E-state index contributed by atoms with van der Waals surface area (Å²) in [5, 5.41) is 9.20. The number of nitrogens with two attached hydrogens (primary N) is 1. The van der Waals surface area contributed by atoms with E-state index in [0.717, 1.165) is 18.6 Å². The van der Waals surface area contributed by atoms with Crippen LogP contribution in [-0.2, 0) is 15.8 Å². The molecular weight excluding hydrogens is 423 g/mol. The first-order valence-corrected chi connectivity index (χ1v) is 10.8. The number of carbonyl (C=O) groups is 2. The summed E-state index contributed by atoms with van der Waals surface area (Å²) in [5.41, 5.74) is 5.85. The Balaban J connectivity index is 1.41. The maximum atomic E-state index is 13.1. The number of alkyl halides is 3. The molecule has 0 spiro atoms. The van der Waals surface area contributed by atoms with Crippen LogP contribution in [0.3, 0.4) is 0 Å². The van der Waals surface area contributed by atoms with E-state index < -0.39 is 35.9 Å². The van der Waals surface area contributed by atoms with E-state index >= 15 is 0 Å². The molecule has 3 aliphatic rings. The summed E-state index contributed by atoms with van der Waals surface area (Å²) in [6.45, 7) is 2.98. The molecular formula is C22H26F3N5O2. The summed E-state index contributed by atoms with van der Waals surface area (Å²) in [6, 6.07) is 4.87. The highest BCUT2D eigenvalue weighted by molar-refractivity contribution is 5.87. The van der Waals surface area contributed by atoms with Crippen LogP contribution in [0.2, 0.25) is 0 Å². The van der Waals surface area contributed by atoms with Crippen LogP contribution in [0.5, 0.6) is 0 Å². The molecule has 2 N–H and O–H groups in total. The van der Waals surface area contributed by atoms with E-state index in [1.54, 1.807) is 17.9 Å². The van der Waals surface area contributed by atoms with Crippen LogP contribution in [0.4, 0.5) is 13.2 Å². The standard InChI is InChI=1S/C22H26F3N5O2/c1-13(14-4-2-5-15(8-14)22(23,24)25)30-17-9-19(21(30)32)28(11-17)12-18(27)20(31)29-7-3-6-16(29)10-26/h2,4-5,8,13,16-19H,3,6-7,9,11-12,27H2,1H3/t13-,16?,17?,18-,19?/m0/s1. The molecule has 4 rings (SSSR count). The normalized spacial score (nSPS) is 27.6. The van der Waals surface area contributed by atoms with E-state index in [1.165, 1.54) is 11.0 Å². The smallest absolute Gasteiger partial charge is 0.330 e. The van der Waals surface area contributed by atoms with Crippen LogP contribution in [-0.4, -0.2) is 70.3 Å². The van der Waals surface area contributed by atoms with Gasteiger partial charge in [0.1, 0.15) is 6.04 Å². The number of amides is 2. The lowest BCUT2D eigenvalue weighted by atomic mass is 10.0. The van der Waals surface area contributed by atoms with E-state index in [2.05, 4.69) is 6.07 Å². The molecule has 2 bridgehead atoms. The number of fused-ring (bicyclic) bond motifs is 2. The minimum Gasteiger partial charge on any atom is -0.330 e. The maximum absolute atomic E-state index is 13.1. The van der Waals surface area contributed by atoms with Gasteiger partial charge >= 0.3 is 6.18 Å². The number of hydrogen-bond acceptors (Lipinski definition) is 5. The highest BCUT2D eigenvalue weighted by Gasteiger charge is 2.51. The topological polar surface area (TPSA) is 93.7 Å². The van der Waals surface area contributed by atoms with Gasteiger partial charge in [-0.1, -0.05) is 12.1 Å². The van der Waals surface area contributed by atoms with Crippen molar-refractivity contribution in [3.63, 3.8) is 0 Å². The van der Waals surface area contributed by atoms with Crippen molar-refractivity contribution in [1.82, 2.24) is 14.7 Å². The third kappa shape index (κ3) is 3.95. The number of carbonyl (C=O) groups excluding carboxylic acids is 2. The zero-order valence-corrected chi connectivity index (χ0v) is 17.8. The number of nitriles is 1. The molecule has 1 aromatic rings. The van der Waals surface area contributed by atoms with Crippen molar-refractivity contribution >= 4 is 11.8 Å². The van der Waals surface area contributed by atoms with E-state index in [4.69, 9.17) is 5.73 Å². The van der Waals surface area contributed by atoms with Crippen molar-refractivity contribution in [3.8, 4) is 6.07 Å². The van der Waals surface area contributed by atoms with Gasteiger partial charge in [-0.25, -0.2) is 0 Å². The van der Waals surface area contributed by atoms with Gasteiger partial charge in [-0.3, -0.25) is 14.5 Å². The number of likely N-dealkylation sites (tertiary alicyclic amines) is 3. The summed E-state index contributed by atoms with van der Waals surface area (Å²) in [5.74, 6) is -0.430. The fourth-order valence-corrected chi connectivity index (χ4v) is 5.24. The Morgan fingerprint density at radius 3 is 2.78 bits per heavy atom. The second-order valence-electron chi connectivity index (χ2n) is 8.83. The molecule has 3 saturated heterocycles. The van der Waals surface area contributed by atoms with Gasteiger partial charge in [-0.2, -0.15) is 18.4 Å². The maximum Gasteiger partial charge on any atom is 0.416 e. The summed E-state index contributed by atoms with van der Waals surface area (Å²) in [6.07, 6.45) is -2.47. The van der Waals surface area contributed by atoms with Crippen LogP contribution in [0, 0.1) is 11.3 Å². The zero-order valence-electron chi connectivity index (χ0n) is 17.8. The lowest BCUT2D eigenvalue weighted by Gasteiger charge is -2.38. The highest BCUT2D eigenvalue weighted by atomic mass is 19.4. The minimum atomic E-state index is -4.44. The molecule has 5 atom stereocenters. The van der Waals surface area contributed by atoms with Gasteiger partial charge in [-0.15, -0.1) is 0 Å². The van der Waals surface area contributed by atoms with Crippen molar-refractivity contribution in [2.45, 2.75) is 62.6 Å². The minimum absolute atomic E-state index is 0.141. The van der Waals surface area contributed by atoms with Crippen molar-refractivity contribution in [2.24, 2.45) is 5.73 Å². The van der Waals surface area contributed by atoms with Gasteiger partial charge in [0.15, 0.2) is 0 Å². The van der Waals surface area contributed by atoms with Crippen molar-refractivity contribution < 1.29 is 22.8 Å². The van der Waals surface area contributed by atoms with Gasteiger partial charge in [-0.05, 0) is 43.9 Å². The van der Waals surface area contributed by atoms with Crippen molar-refractivity contribution in [1.29, 1.82) is 5.26 Å². The quantitative estimate of drug-likeness (QED) is 0.741. The molecule has 2 amide bonds. The van der Waals surface area contributed by atoms with Gasteiger partial charge in [0.2, 0.25) is 11.8 Å². The Bertz CT molecular complexity index is 946. The molecule has 3 aliphatic heterocycles. The van der Waals surface area contributed by atoms with Gasteiger partial charge in [0.25, 0.3) is 0 Å². The van der Waals surface area contributed by atoms with Gasteiger partial charge in [0, 0.05) is 25.7 Å². The lowest BCUT2D eigenvalue weighted by molar-refractivity contribution is -0.141. The van der Waals surface area contributed by atoms with Gasteiger partial charge < -0.3 is 15.5 Å². The number of halogens is 3. The van der Waals surface area contributed by atoms with E-state index in [-0.39, 0.29) is 24.4 Å². The van der Waals surface area contributed by atoms with Gasteiger partial charge in [0.05, 0.1) is 29.8 Å². The number of nitrogens with zero attached hydrogens (tertiary/aromatic N) is 4. The Morgan fingerprint density at radius 1 is 1.38 bits per heavy atom. The Labute approximate surface area is 184 Å². The van der Waals surface area contributed by atoms with Crippen molar-refractivity contribution in [3.05, 3.63) is 35.4 Å². The van der Waals surface area contributed by atoms with E-state index in [1.807, 2.05) is 4.90 Å². The summed E-state index contributed by atoms with van der Waals surface area (Å²) < 4.78 is 39.3. The van der Waals surface area contributed by atoms with E-state index in [9.17, 15) is 28.0 Å². The van der Waals surface area contributed by atoms with E-state index in [0.29, 0.717) is 31.5 Å². The van der Waals surface area contributed by atoms with Crippen molar-refractivity contribution in [2.75, 3.05) is 19.6 Å². The Morgan fingerprint density at radius 2 is 2.12 bits per heavy atom. The van der Waals surface area contributed by atoms with Crippen LogP contribution in [0.25, 0.3) is 0 Å². The molecule has 3 fully saturated rings. The molecule has 1 aromatic carbocycles. The molecule has 10 heteroatoms. The third-order valence-corrected chi connectivity index (χ3v) is 6.86. The largest absolute Gasteiger partial charge is 0.416 e. The average Bonchev–Trinajstić information content (AvgIpc) is 3.46. The number of piperazine rings is 1. The second-order valence-corrected chi connectivity index (χ2v) is 8.83. The Kier molecular flexibility index (Phi) is 5.90.